The van der Waals surface area contributed by atoms with Crippen LogP contribution in [-0.2, 0) is 9.59 Å². The Morgan fingerprint density at radius 3 is 2.35 bits per heavy atom. The van der Waals surface area contributed by atoms with Crippen LogP contribution in [0.15, 0.2) is 42.6 Å². The first kappa shape index (κ1) is 16.4. The lowest BCUT2D eigenvalue weighted by atomic mass is 10.3. The molecule has 2 aromatic rings. The quantitative estimate of drug-likeness (QED) is 0.888. The van der Waals surface area contributed by atoms with Crippen LogP contribution in [0.5, 0.6) is 11.5 Å². The Labute approximate surface area is 132 Å². The van der Waals surface area contributed by atoms with Gasteiger partial charge in [0.1, 0.15) is 29.2 Å². The molecule has 2 amide bonds. The fourth-order valence-electron chi connectivity index (χ4n) is 1.76. The number of aromatic nitrogens is 1. The van der Waals surface area contributed by atoms with E-state index in [2.05, 4.69) is 15.6 Å². The lowest BCUT2D eigenvalue weighted by Gasteiger charge is -2.12. The number of hydrogen-bond donors (Lipinski definition) is 2. The Hall–Kier alpha value is -2.96. The highest BCUT2D eigenvalue weighted by Crippen LogP contribution is 2.21. The van der Waals surface area contributed by atoms with Gasteiger partial charge in [-0.05, 0) is 43.3 Å². The highest BCUT2D eigenvalue weighted by atomic mass is 19.1. The summed E-state index contributed by atoms with van der Waals surface area (Å²) in [4.78, 5) is 26.8. The summed E-state index contributed by atoms with van der Waals surface area (Å²) in [6.45, 7) is 2.91. The van der Waals surface area contributed by atoms with Gasteiger partial charge in [0.05, 0.1) is 6.20 Å². The van der Waals surface area contributed by atoms with E-state index in [0.717, 1.165) is 0 Å². The minimum Gasteiger partial charge on any atom is -0.456 e. The molecule has 0 radical (unpaired) electrons. The number of ether oxygens (including phenoxy) is 1. The van der Waals surface area contributed by atoms with E-state index in [-0.39, 0.29) is 17.6 Å². The summed E-state index contributed by atoms with van der Waals surface area (Å²) in [7, 11) is 0. The van der Waals surface area contributed by atoms with Crippen LogP contribution in [0.25, 0.3) is 0 Å². The summed E-state index contributed by atoms with van der Waals surface area (Å²) in [6, 6.07) is 8.11. The van der Waals surface area contributed by atoms with Crippen molar-refractivity contribution in [2.45, 2.75) is 19.9 Å². The van der Waals surface area contributed by atoms with E-state index in [1.165, 1.54) is 37.4 Å². The molecule has 0 saturated heterocycles. The van der Waals surface area contributed by atoms with Gasteiger partial charge >= 0.3 is 0 Å². The molecule has 1 atom stereocenters. The number of amides is 2. The average molecular weight is 317 g/mol. The van der Waals surface area contributed by atoms with Crippen molar-refractivity contribution in [3.05, 3.63) is 48.4 Å². The second kappa shape index (κ2) is 7.35. The number of carbonyl (C=O) groups excluding carboxylic acids is 2. The van der Waals surface area contributed by atoms with E-state index in [0.29, 0.717) is 17.3 Å². The number of nitrogens with one attached hydrogen (secondary N) is 2. The molecule has 1 unspecified atom stereocenters. The van der Waals surface area contributed by atoms with Crippen molar-refractivity contribution in [1.29, 1.82) is 0 Å². The second-order valence-corrected chi connectivity index (χ2v) is 4.85. The SMILES string of the molecule is CC(=O)NC(C)C(=O)Nc1ccc(Oc2ccc(F)cc2)cn1. The maximum absolute atomic E-state index is 12.8. The van der Waals surface area contributed by atoms with Crippen LogP contribution in [0.2, 0.25) is 0 Å². The molecule has 0 spiro atoms. The summed E-state index contributed by atoms with van der Waals surface area (Å²) in [5, 5.41) is 5.05. The third kappa shape index (κ3) is 5.06. The first-order valence-electron chi connectivity index (χ1n) is 6.91. The summed E-state index contributed by atoms with van der Waals surface area (Å²) < 4.78 is 18.3. The molecule has 1 heterocycles. The summed E-state index contributed by atoms with van der Waals surface area (Å²) in [6.07, 6.45) is 1.43. The van der Waals surface area contributed by atoms with E-state index in [9.17, 15) is 14.0 Å². The molecule has 0 saturated carbocycles. The van der Waals surface area contributed by atoms with Gasteiger partial charge < -0.3 is 15.4 Å². The normalized spacial score (nSPS) is 11.4. The van der Waals surface area contributed by atoms with Gasteiger partial charge in [-0.15, -0.1) is 0 Å². The van der Waals surface area contributed by atoms with Crippen LogP contribution in [0.4, 0.5) is 10.2 Å². The van der Waals surface area contributed by atoms with Crippen LogP contribution in [0.1, 0.15) is 13.8 Å². The zero-order valence-corrected chi connectivity index (χ0v) is 12.7. The number of halogens is 1. The summed E-state index contributed by atoms with van der Waals surface area (Å²) >= 11 is 0. The maximum Gasteiger partial charge on any atom is 0.247 e. The predicted octanol–water partition coefficient (Wildman–Crippen LogP) is 2.48. The number of rotatable bonds is 5. The van der Waals surface area contributed by atoms with Crippen LogP contribution in [0.3, 0.4) is 0 Å². The molecule has 6 nitrogen and oxygen atoms in total. The zero-order valence-electron chi connectivity index (χ0n) is 12.7. The first-order chi connectivity index (χ1) is 10.9. The van der Waals surface area contributed by atoms with Crippen LogP contribution in [-0.4, -0.2) is 22.8 Å². The van der Waals surface area contributed by atoms with Crippen molar-refractivity contribution in [2.24, 2.45) is 0 Å². The topological polar surface area (TPSA) is 80.3 Å². The minimum absolute atomic E-state index is 0.288. The molecule has 1 aromatic heterocycles. The molecule has 0 aliphatic rings. The second-order valence-electron chi connectivity index (χ2n) is 4.85. The van der Waals surface area contributed by atoms with Gasteiger partial charge in [0, 0.05) is 6.92 Å². The van der Waals surface area contributed by atoms with E-state index in [1.54, 1.807) is 19.1 Å². The molecule has 23 heavy (non-hydrogen) atoms. The summed E-state index contributed by atoms with van der Waals surface area (Å²) in [5.74, 6) is 0.248. The molecule has 0 fully saturated rings. The molecule has 1 aromatic carbocycles. The number of anilines is 1. The molecular weight excluding hydrogens is 301 g/mol. The van der Waals surface area contributed by atoms with Crippen molar-refractivity contribution >= 4 is 17.6 Å². The third-order valence-electron chi connectivity index (χ3n) is 2.85. The molecular formula is C16H16FN3O3. The number of benzene rings is 1. The molecule has 2 N–H and O–H groups in total. The average Bonchev–Trinajstić information content (AvgIpc) is 2.51. The Morgan fingerprint density at radius 2 is 1.78 bits per heavy atom. The predicted molar refractivity (Wildman–Crippen MR) is 82.6 cm³/mol. The Morgan fingerprint density at radius 1 is 1.13 bits per heavy atom. The highest BCUT2D eigenvalue weighted by molar-refractivity contribution is 5.95. The van der Waals surface area contributed by atoms with Gasteiger partial charge in [-0.25, -0.2) is 9.37 Å². The van der Waals surface area contributed by atoms with Gasteiger partial charge in [0.25, 0.3) is 0 Å². The van der Waals surface area contributed by atoms with Crippen LogP contribution in [0, 0.1) is 5.82 Å². The van der Waals surface area contributed by atoms with Gasteiger partial charge in [-0.3, -0.25) is 9.59 Å². The van der Waals surface area contributed by atoms with Crippen molar-refractivity contribution in [2.75, 3.05) is 5.32 Å². The Bertz CT molecular complexity index is 687. The lowest BCUT2D eigenvalue weighted by Crippen LogP contribution is -2.40. The zero-order chi connectivity index (χ0) is 16.8. The van der Waals surface area contributed by atoms with Crippen molar-refractivity contribution in [1.82, 2.24) is 10.3 Å². The maximum atomic E-state index is 12.8. The van der Waals surface area contributed by atoms with E-state index < -0.39 is 6.04 Å². The van der Waals surface area contributed by atoms with Crippen LogP contribution >= 0.6 is 0 Å². The first-order valence-corrected chi connectivity index (χ1v) is 6.91. The van der Waals surface area contributed by atoms with Gasteiger partial charge in [0.15, 0.2) is 0 Å². The number of carbonyl (C=O) groups is 2. The monoisotopic (exact) mass is 317 g/mol. The molecule has 0 aliphatic carbocycles. The fraction of sp³-hybridized carbons (Fsp3) is 0.188. The number of nitrogens with zero attached hydrogens (tertiary/aromatic N) is 1. The summed E-state index contributed by atoms with van der Waals surface area (Å²) in [5.41, 5.74) is 0. The van der Waals surface area contributed by atoms with E-state index >= 15 is 0 Å². The molecule has 2 rings (SSSR count). The molecule has 120 valence electrons. The third-order valence-corrected chi connectivity index (χ3v) is 2.85. The largest absolute Gasteiger partial charge is 0.456 e. The smallest absolute Gasteiger partial charge is 0.247 e. The van der Waals surface area contributed by atoms with Crippen molar-refractivity contribution in [3.8, 4) is 11.5 Å². The fourth-order valence-corrected chi connectivity index (χ4v) is 1.76. The van der Waals surface area contributed by atoms with E-state index in [4.69, 9.17) is 4.74 Å². The van der Waals surface area contributed by atoms with Crippen molar-refractivity contribution < 1.29 is 18.7 Å². The van der Waals surface area contributed by atoms with Gasteiger partial charge in [-0.1, -0.05) is 0 Å². The van der Waals surface area contributed by atoms with Crippen LogP contribution < -0.4 is 15.4 Å². The molecule has 0 bridgehead atoms. The Balaban J connectivity index is 1.95. The number of pyridine rings is 1. The number of hydrogen-bond acceptors (Lipinski definition) is 4. The van der Waals surface area contributed by atoms with Gasteiger partial charge in [0.2, 0.25) is 11.8 Å². The van der Waals surface area contributed by atoms with Crippen molar-refractivity contribution in [3.63, 3.8) is 0 Å². The Kier molecular flexibility index (Phi) is 5.24. The standard InChI is InChI=1S/C16H16FN3O3/c1-10(19-11(2)21)16(22)20-15-8-7-14(9-18-15)23-13-5-3-12(17)4-6-13/h3-10H,1-2H3,(H,19,21)(H,18,20,22). The van der Waals surface area contributed by atoms with Gasteiger partial charge in [-0.2, -0.15) is 0 Å². The molecule has 7 heteroatoms. The lowest BCUT2D eigenvalue weighted by molar-refractivity contribution is -0.124. The minimum atomic E-state index is -0.663. The highest BCUT2D eigenvalue weighted by Gasteiger charge is 2.14. The van der Waals surface area contributed by atoms with E-state index in [1.807, 2.05) is 0 Å². The molecule has 0 aliphatic heterocycles.